The maximum absolute atomic E-state index is 11.6. The second-order valence-corrected chi connectivity index (χ2v) is 4.72. The third kappa shape index (κ3) is 4.63. The highest BCUT2D eigenvalue weighted by Crippen LogP contribution is 2.21. The van der Waals surface area contributed by atoms with Crippen LogP contribution in [0.3, 0.4) is 0 Å². The number of nitrogens with one attached hydrogen (secondary N) is 1. The van der Waals surface area contributed by atoms with Gasteiger partial charge < -0.3 is 10.2 Å². The number of carbonyl (C=O) groups is 1. The number of hydrogen-bond acceptors (Lipinski definition) is 3. The third-order valence-electron chi connectivity index (χ3n) is 2.93. The first-order valence-corrected chi connectivity index (χ1v) is 6.52. The van der Waals surface area contributed by atoms with Gasteiger partial charge in [0.15, 0.2) is 0 Å². The van der Waals surface area contributed by atoms with Gasteiger partial charge in [0.1, 0.15) is 0 Å². The summed E-state index contributed by atoms with van der Waals surface area (Å²) in [7, 11) is 3.93. The van der Waals surface area contributed by atoms with E-state index in [0.29, 0.717) is 6.54 Å². The van der Waals surface area contributed by atoms with Gasteiger partial charge >= 0.3 is 0 Å². The van der Waals surface area contributed by atoms with Crippen LogP contribution in [0, 0.1) is 11.3 Å². The number of rotatable bonds is 6. The SMILES string of the molecule is CCCNC(=O)CC(C#N)c1ccc(N(C)C)cc1. The minimum atomic E-state index is -0.381. The molecule has 0 saturated carbocycles. The normalized spacial score (nSPS) is 11.5. The first-order valence-electron chi connectivity index (χ1n) is 6.52. The van der Waals surface area contributed by atoms with Crippen molar-refractivity contribution in [2.75, 3.05) is 25.5 Å². The highest BCUT2D eigenvalue weighted by atomic mass is 16.1. The van der Waals surface area contributed by atoms with E-state index < -0.39 is 0 Å². The lowest BCUT2D eigenvalue weighted by molar-refractivity contribution is -0.121. The van der Waals surface area contributed by atoms with Gasteiger partial charge in [0.2, 0.25) is 5.91 Å². The van der Waals surface area contributed by atoms with Crippen LogP contribution in [0.25, 0.3) is 0 Å². The fourth-order valence-electron chi connectivity index (χ4n) is 1.76. The molecule has 0 heterocycles. The molecule has 1 N–H and O–H groups in total. The van der Waals surface area contributed by atoms with Crippen LogP contribution < -0.4 is 10.2 Å². The van der Waals surface area contributed by atoms with Crippen LogP contribution in [0.4, 0.5) is 5.69 Å². The molecule has 1 aromatic rings. The van der Waals surface area contributed by atoms with Gasteiger partial charge in [0, 0.05) is 32.7 Å². The molecule has 102 valence electrons. The van der Waals surface area contributed by atoms with Crippen molar-refractivity contribution >= 4 is 11.6 Å². The number of amides is 1. The summed E-state index contributed by atoms with van der Waals surface area (Å²) in [6, 6.07) is 9.95. The molecular weight excluding hydrogens is 238 g/mol. The van der Waals surface area contributed by atoms with Gasteiger partial charge in [-0.2, -0.15) is 5.26 Å². The van der Waals surface area contributed by atoms with E-state index in [-0.39, 0.29) is 18.2 Å². The highest BCUT2D eigenvalue weighted by Gasteiger charge is 2.15. The predicted molar refractivity (Wildman–Crippen MR) is 77.0 cm³/mol. The molecule has 0 spiro atoms. The first-order chi connectivity index (χ1) is 9.08. The molecule has 1 aromatic carbocycles. The van der Waals surface area contributed by atoms with Crippen molar-refractivity contribution in [1.29, 1.82) is 5.26 Å². The molecule has 0 radical (unpaired) electrons. The van der Waals surface area contributed by atoms with Crippen molar-refractivity contribution < 1.29 is 4.79 Å². The molecule has 0 aliphatic rings. The minimum absolute atomic E-state index is 0.0647. The topological polar surface area (TPSA) is 56.1 Å². The fourth-order valence-corrected chi connectivity index (χ4v) is 1.76. The Kier molecular flexibility index (Phi) is 5.87. The highest BCUT2D eigenvalue weighted by molar-refractivity contribution is 5.77. The lowest BCUT2D eigenvalue weighted by Crippen LogP contribution is -2.25. The lowest BCUT2D eigenvalue weighted by atomic mass is 9.96. The number of nitriles is 1. The molecule has 19 heavy (non-hydrogen) atoms. The van der Waals surface area contributed by atoms with Crippen LogP contribution in [0.1, 0.15) is 31.2 Å². The molecular formula is C15H21N3O. The van der Waals surface area contributed by atoms with Gasteiger partial charge in [0.05, 0.1) is 12.0 Å². The average Bonchev–Trinajstić information content (AvgIpc) is 2.42. The molecule has 0 bridgehead atoms. The maximum Gasteiger partial charge on any atom is 0.221 e. The van der Waals surface area contributed by atoms with Gasteiger partial charge in [-0.15, -0.1) is 0 Å². The van der Waals surface area contributed by atoms with Crippen molar-refractivity contribution in [3.05, 3.63) is 29.8 Å². The Balaban J connectivity index is 2.70. The largest absolute Gasteiger partial charge is 0.378 e. The predicted octanol–water partition coefficient (Wildman–Crippen LogP) is 2.28. The van der Waals surface area contributed by atoms with Crippen molar-refractivity contribution in [1.82, 2.24) is 5.32 Å². The molecule has 0 aliphatic carbocycles. The Morgan fingerprint density at radius 1 is 1.37 bits per heavy atom. The summed E-state index contributed by atoms with van der Waals surface area (Å²) >= 11 is 0. The van der Waals surface area contributed by atoms with Gasteiger partial charge in [0.25, 0.3) is 0 Å². The van der Waals surface area contributed by atoms with E-state index in [2.05, 4.69) is 11.4 Å². The van der Waals surface area contributed by atoms with E-state index >= 15 is 0 Å². The van der Waals surface area contributed by atoms with E-state index in [9.17, 15) is 10.1 Å². The van der Waals surface area contributed by atoms with Crippen molar-refractivity contribution in [2.24, 2.45) is 0 Å². The van der Waals surface area contributed by atoms with Gasteiger partial charge in [-0.3, -0.25) is 4.79 Å². The smallest absolute Gasteiger partial charge is 0.221 e. The van der Waals surface area contributed by atoms with E-state index in [1.165, 1.54) is 0 Å². The van der Waals surface area contributed by atoms with Gasteiger partial charge in [-0.1, -0.05) is 19.1 Å². The van der Waals surface area contributed by atoms with Crippen LogP contribution in [0.2, 0.25) is 0 Å². The molecule has 1 amide bonds. The molecule has 0 fully saturated rings. The van der Waals surface area contributed by atoms with Crippen molar-refractivity contribution in [2.45, 2.75) is 25.7 Å². The summed E-state index contributed by atoms with van der Waals surface area (Å²) in [4.78, 5) is 13.6. The zero-order valence-corrected chi connectivity index (χ0v) is 11.8. The van der Waals surface area contributed by atoms with Crippen LogP contribution in [-0.2, 0) is 4.79 Å². The summed E-state index contributed by atoms with van der Waals surface area (Å²) in [6.07, 6.45) is 1.12. The van der Waals surface area contributed by atoms with Crippen LogP contribution in [0.5, 0.6) is 0 Å². The zero-order valence-electron chi connectivity index (χ0n) is 11.8. The second kappa shape index (κ2) is 7.42. The standard InChI is InChI=1S/C15H21N3O/c1-4-9-17-15(19)10-13(11-16)12-5-7-14(8-6-12)18(2)3/h5-8,13H,4,9-10H2,1-3H3,(H,17,19). The maximum atomic E-state index is 11.6. The lowest BCUT2D eigenvalue weighted by Gasteiger charge is -2.14. The summed E-state index contributed by atoms with van der Waals surface area (Å²) in [5.41, 5.74) is 1.97. The fraction of sp³-hybridized carbons (Fsp3) is 0.467. The Morgan fingerprint density at radius 3 is 2.47 bits per heavy atom. The van der Waals surface area contributed by atoms with Crippen LogP contribution in [0.15, 0.2) is 24.3 Å². The number of nitrogens with zero attached hydrogens (tertiary/aromatic N) is 2. The van der Waals surface area contributed by atoms with Crippen LogP contribution in [-0.4, -0.2) is 26.5 Å². The molecule has 1 atom stereocenters. The van der Waals surface area contributed by atoms with Crippen LogP contribution >= 0.6 is 0 Å². The third-order valence-corrected chi connectivity index (χ3v) is 2.93. The first kappa shape index (κ1) is 15.0. The molecule has 0 aromatic heterocycles. The quantitative estimate of drug-likeness (QED) is 0.852. The van der Waals surface area contributed by atoms with E-state index in [0.717, 1.165) is 17.7 Å². The summed E-state index contributed by atoms with van der Waals surface area (Å²) < 4.78 is 0. The van der Waals surface area contributed by atoms with Gasteiger partial charge in [-0.05, 0) is 24.1 Å². The van der Waals surface area contributed by atoms with Gasteiger partial charge in [-0.25, -0.2) is 0 Å². The summed E-state index contributed by atoms with van der Waals surface area (Å²) in [6.45, 7) is 2.67. The molecule has 0 aliphatic heterocycles. The average molecular weight is 259 g/mol. The second-order valence-electron chi connectivity index (χ2n) is 4.72. The number of benzene rings is 1. The minimum Gasteiger partial charge on any atom is -0.378 e. The monoisotopic (exact) mass is 259 g/mol. The molecule has 4 nitrogen and oxygen atoms in total. The van der Waals surface area contributed by atoms with E-state index in [1.54, 1.807) is 0 Å². The zero-order chi connectivity index (χ0) is 14.3. The van der Waals surface area contributed by atoms with Crippen molar-refractivity contribution in [3.8, 4) is 6.07 Å². The molecule has 1 unspecified atom stereocenters. The summed E-state index contributed by atoms with van der Waals surface area (Å²) in [5, 5.41) is 12.0. The molecule has 0 saturated heterocycles. The Hall–Kier alpha value is -2.02. The molecule has 1 rings (SSSR count). The summed E-state index contributed by atoms with van der Waals surface area (Å²) in [5.74, 6) is -0.446. The number of carbonyl (C=O) groups excluding carboxylic acids is 1. The van der Waals surface area contributed by atoms with Crippen molar-refractivity contribution in [3.63, 3.8) is 0 Å². The Morgan fingerprint density at radius 2 is 2.00 bits per heavy atom. The Bertz CT molecular complexity index is 445. The Labute approximate surface area is 115 Å². The number of hydrogen-bond donors (Lipinski definition) is 1. The van der Waals surface area contributed by atoms with E-state index in [1.807, 2.05) is 50.2 Å². The van der Waals surface area contributed by atoms with E-state index in [4.69, 9.17) is 0 Å². The number of anilines is 1. The molecule has 4 heteroatoms.